The molecule has 3 nitrogen and oxygen atoms in total. The standard InChI is InChI=1S/C16H10F6N2O/c17-15(18,19)14-23-12-3-1-2-4-13(12)24(14)9-10-5-7-11(8-6-10)25-16(20,21)22/h1-8H,9H2. The molecule has 2 aromatic carbocycles. The second-order valence-electron chi connectivity index (χ2n) is 5.20. The molecule has 0 aliphatic heterocycles. The zero-order valence-electron chi connectivity index (χ0n) is 12.4. The Labute approximate surface area is 137 Å². The molecule has 0 unspecified atom stereocenters. The molecule has 0 atom stereocenters. The smallest absolute Gasteiger partial charge is 0.406 e. The minimum absolute atomic E-state index is 0.187. The molecule has 9 heteroatoms. The maximum Gasteiger partial charge on any atom is 0.573 e. The highest BCUT2D eigenvalue weighted by Crippen LogP contribution is 2.32. The predicted octanol–water partition coefficient (Wildman–Crippen LogP) is 5.00. The third kappa shape index (κ3) is 3.86. The van der Waals surface area contributed by atoms with Gasteiger partial charge in [-0.2, -0.15) is 13.2 Å². The second-order valence-corrected chi connectivity index (χ2v) is 5.20. The maximum atomic E-state index is 13.2. The first-order valence-corrected chi connectivity index (χ1v) is 7.01. The van der Waals surface area contributed by atoms with E-state index >= 15 is 0 Å². The summed E-state index contributed by atoms with van der Waals surface area (Å²) in [6.07, 6.45) is -9.48. The van der Waals surface area contributed by atoms with Crippen LogP contribution in [-0.4, -0.2) is 15.9 Å². The number of hydrogen-bond donors (Lipinski definition) is 0. The van der Waals surface area contributed by atoms with Crippen molar-refractivity contribution in [2.75, 3.05) is 0 Å². The van der Waals surface area contributed by atoms with Crippen molar-refractivity contribution in [1.29, 1.82) is 0 Å². The Bertz CT molecular complexity index is 880. The van der Waals surface area contributed by atoms with Crippen molar-refractivity contribution in [3.8, 4) is 5.75 Å². The van der Waals surface area contributed by atoms with Gasteiger partial charge in [-0.05, 0) is 29.8 Å². The van der Waals surface area contributed by atoms with E-state index in [0.717, 1.165) is 16.7 Å². The van der Waals surface area contributed by atoms with Crippen LogP contribution in [0.25, 0.3) is 11.0 Å². The summed E-state index contributed by atoms with van der Waals surface area (Å²) in [6, 6.07) is 10.8. The monoisotopic (exact) mass is 360 g/mol. The van der Waals surface area contributed by atoms with E-state index in [-0.39, 0.29) is 17.6 Å². The summed E-state index contributed by atoms with van der Waals surface area (Å²) in [4.78, 5) is 3.61. The summed E-state index contributed by atoms with van der Waals surface area (Å²) in [6.45, 7) is -0.193. The zero-order valence-corrected chi connectivity index (χ0v) is 12.4. The van der Waals surface area contributed by atoms with Crippen molar-refractivity contribution in [2.45, 2.75) is 19.1 Å². The van der Waals surface area contributed by atoms with Gasteiger partial charge in [0.1, 0.15) is 5.75 Å². The first-order chi connectivity index (χ1) is 11.6. The van der Waals surface area contributed by atoms with Gasteiger partial charge in [-0.3, -0.25) is 0 Å². The normalized spacial score (nSPS) is 12.6. The van der Waals surface area contributed by atoms with E-state index in [1.165, 1.54) is 24.3 Å². The number of fused-ring (bicyclic) bond motifs is 1. The Hall–Kier alpha value is -2.71. The number of rotatable bonds is 3. The molecule has 1 aromatic heterocycles. The Kier molecular flexibility index (Phi) is 4.09. The molecule has 0 aliphatic rings. The van der Waals surface area contributed by atoms with Gasteiger partial charge in [0.2, 0.25) is 5.82 Å². The fourth-order valence-electron chi connectivity index (χ4n) is 2.43. The van der Waals surface area contributed by atoms with Gasteiger partial charge in [-0.15, -0.1) is 13.2 Å². The van der Waals surface area contributed by atoms with Crippen LogP contribution in [0.5, 0.6) is 5.75 Å². The van der Waals surface area contributed by atoms with Crippen LogP contribution < -0.4 is 4.74 Å². The molecule has 0 fully saturated rings. The Balaban J connectivity index is 1.95. The molecule has 0 amide bonds. The minimum atomic E-state index is -4.83. The highest BCUT2D eigenvalue weighted by Gasteiger charge is 2.37. The lowest BCUT2D eigenvalue weighted by Gasteiger charge is -2.12. The summed E-state index contributed by atoms with van der Waals surface area (Å²) >= 11 is 0. The summed E-state index contributed by atoms with van der Waals surface area (Å²) < 4.78 is 80.8. The summed E-state index contributed by atoms with van der Waals surface area (Å²) in [5, 5.41) is 0. The van der Waals surface area contributed by atoms with Gasteiger partial charge in [0.05, 0.1) is 11.0 Å². The molecule has 0 saturated heterocycles. The number of imidazole rings is 1. The molecule has 0 bridgehead atoms. The molecule has 0 radical (unpaired) electrons. The van der Waals surface area contributed by atoms with E-state index < -0.39 is 24.1 Å². The topological polar surface area (TPSA) is 27.1 Å². The van der Waals surface area contributed by atoms with Gasteiger partial charge in [0.25, 0.3) is 0 Å². The van der Waals surface area contributed by atoms with Crippen LogP contribution in [0, 0.1) is 0 Å². The molecule has 0 N–H and O–H groups in total. The second kappa shape index (κ2) is 5.98. The Morgan fingerprint density at radius 2 is 1.52 bits per heavy atom. The molecule has 132 valence electrons. The van der Waals surface area contributed by atoms with Crippen LogP contribution >= 0.6 is 0 Å². The molecular formula is C16H10F6N2O. The van der Waals surface area contributed by atoms with Gasteiger partial charge in [-0.1, -0.05) is 24.3 Å². The fourth-order valence-corrected chi connectivity index (χ4v) is 2.43. The van der Waals surface area contributed by atoms with E-state index in [2.05, 4.69) is 9.72 Å². The summed E-state index contributed by atoms with van der Waals surface area (Å²) in [5.74, 6) is -1.51. The lowest BCUT2D eigenvalue weighted by molar-refractivity contribution is -0.274. The lowest BCUT2D eigenvalue weighted by Crippen LogP contribution is -2.17. The van der Waals surface area contributed by atoms with Crippen molar-refractivity contribution in [3.05, 3.63) is 59.9 Å². The van der Waals surface area contributed by atoms with Crippen LogP contribution in [-0.2, 0) is 12.7 Å². The van der Waals surface area contributed by atoms with E-state index in [9.17, 15) is 26.3 Å². The van der Waals surface area contributed by atoms with Crippen molar-refractivity contribution < 1.29 is 31.1 Å². The van der Waals surface area contributed by atoms with E-state index in [1.807, 2.05) is 0 Å². The number of hydrogen-bond acceptors (Lipinski definition) is 2. The van der Waals surface area contributed by atoms with E-state index in [0.29, 0.717) is 5.56 Å². The van der Waals surface area contributed by atoms with Gasteiger partial charge < -0.3 is 9.30 Å². The van der Waals surface area contributed by atoms with Crippen LogP contribution in [0.4, 0.5) is 26.3 Å². The van der Waals surface area contributed by atoms with Gasteiger partial charge in [-0.25, -0.2) is 4.98 Å². The minimum Gasteiger partial charge on any atom is -0.406 e. The average Bonchev–Trinajstić information content (AvgIpc) is 2.87. The molecule has 1 heterocycles. The fraction of sp³-hybridized carbons (Fsp3) is 0.188. The first-order valence-electron chi connectivity index (χ1n) is 7.01. The highest BCUT2D eigenvalue weighted by molar-refractivity contribution is 5.76. The van der Waals surface area contributed by atoms with Gasteiger partial charge in [0, 0.05) is 6.54 Å². The number of benzene rings is 2. The average molecular weight is 360 g/mol. The SMILES string of the molecule is FC(F)(F)Oc1ccc(Cn2c(C(F)(F)F)nc3ccccc32)cc1. The molecule has 0 saturated carbocycles. The quantitative estimate of drug-likeness (QED) is 0.615. The predicted molar refractivity (Wildman–Crippen MR) is 77.0 cm³/mol. The molecule has 0 spiro atoms. The number of para-hydroxylation sites is 2. The molecule has 25 heavy (non-hydrogen) atoms. The first kappa shape index (κ1) is 17.1. The Morgan fingerprint density at radius 1 is 0.880 bits per heavy atom. The van der Waals surface area contributed by atoms with E-state index in [4.69, 9.17) is 0 Å². The number of ether oxygens (including phenoxy) is 1. The maximum absolute atomic E-state index is 13.2. The third-order valence-corrected chi connectivity index (χ3v) is 3.41. The van der Waals surface area contributed by atoms with Gasteiger partial charge >= 0.3 is 12.5 Å². The summed E-state index contributed by atoms with van der Waals surface area (Å²) in [7, 11) is 0. The van der Waals surface area contributed by atoms with Crippen molar-refractivity contribution >= 4 is 11.0 Å². The van der Waals surface area contributed by atoms with Crippen LogP contribution in [0.1, 0.15) is 11.4 Å². The molecular weight excluding hydrogens is 350 g/mol. The number of halogens is 6. The van der Waals surface area contributed by atoms with Crippen LogP contribution in [0.3, 0.4) is 0 Å². The number of aromatic nitrogens is 2. The highest BCUT2D eigenvalue weighted by atomic mass is 19.4. The summed E-state index contributed by atoms with van der Waals surface area (Å²) in [5.41, 5.74) is 0.848. The molecule has 3 aromatic rings. The number of nitrogens with zero attached hydrogens (tertiary/aromatic N) is 2. The largest absolute Gasteiger partial charge is 0.573 e. The zero-order chi connectivity index (χ0) is 18.2. The van der Waals surface area contributed by atoms with Crippen molar-refractivity contribution in [2.24, 2.45) is 0 Å². The van der Waals surface area contributed by atoms with E-state index in [1.54, 1.807) is 12.1 Å². The van der Waals surface area contributed by atoms with Crippen LogP contribution in [0.2, 0.25) is 0 Å². The molecule has 0 aliphatic carbocycles. The van der Waals surface area contributed by atoms with Crippen molar-refractivity contribution in [1.82, 2.24) is 9.55 Å². The third-order valence-electron chi connectivity index (χ3n) is 3.41. The lowest BCUT2D eigenvalue weighted by atomic mass is 10.2. The Morgan fingerprint density at radius 3 is 2.12 bits per heavy atom. The van der Waals surface area contributed by atoms with Gasteiger partial charge in [0.15, 0.2) is 0 Å². The van der Waals surface area contributed by atoms with Crippen molar-refractivity contribution in [3.63, 3.8) is 0 Å². The van der Waals surface area contributed by atoms with Crippen LogP contribution in [0.15, 0.2) is 48.5 Å². The number of alkyl halides is 6. The molecule has 3 rings (SSSR count).